The summed E-state index contributed by atoms with van der Waals surface area (Å²) in [6.07, 6.45) is 0. The Morgan fingerprint density at radius 2 is 0.719 bits per heavy atom. The lowest BCUT2D eigenvalue weighted by atomic mass is 9.82. The number of benzene rings is 11. The second-order valence-corrected chi connectivity index (χ2v) is 15.1. The fourth-order valence-electron chi connectivity index (χ4n) is 9.63. The van der Waals surface area contributed by atoms with E-state index in [-0.39, 0.29) is 0 Å². The Balaban J connectivity index is 1.18. The predicted octanol–water partition coefficient (Wildman–Crippen LogP) is 16.0. The fraction of sp³-hybridized carbons (Fsp3) is 0. The Morgan fingerprint density at radius 1 is 0.246 bits per heavy atom. The van der Waals surface area contributed by atoms with Crippen molar-refractivity contribution in [2.75, 3.05) is 0 Å². The van der Waals surface area contributed by atoms with Gasteiger partial charge in [-0.2, -0.15) is 0 Å². The highest BCUT2D eigenvalue weighted by molar-refractivity contribution is 6.28. The van der Waals surface area contributed by atoms with Crippen molar-refractivity contribution in [2.45, 2.75) is 0 Å². The maximum Gasteiger partial charge on any atom is 0.143 e. The lowest BCUT2D eigenvalue weighted by Gasteiger charge is -2.21. The zero-order valence-electron chi connectivity index (χ0n) is 31.0. The third-order valence-corrected chi connectivity index (χ3v) is 12.1. The van der Waals surface area contributed by atoms with Gasteiger partial charge in [0, 0.05) is 16.3 Å². The number of hydrogen-bond donors (Lipinski definition) is 0. The zero-order valence-corrected chi connectivity index (χ0v) is 31.0. The van der Waals surface area contributed by atoms with Gasteiger partial charge in [0.25, 0.3) is 0 Å². The molecule has 12 aromatic rings. The normalized spacial score (nSPS) is 11.9. The summed E-state index contributed by atoms with van der Waals surface area (Å²) in [6.45, 7) is 0. The first-order valence-corrected chi connectivity index (χ1v) is 19.7. The van der Waals surface area contributed by atoms with Crippen LogP contribution in [0.5, 0.6) is 0 Å². The summed E-state index contributed by atoms with van der Waals surface area (Å²) in [6, 6.07) is 75.2. The molecule has 0 aliphatic rings. The molecule has 12 rings (SSSR count). The maximum absolute atomic E-state index is 6.90. The summed E-state index contributed by atoms with van der Waals surface area (Å²) in [5.74, 6) is 0. The first-order valence-electron chi connectivity index (χ1n) is 19.7. The number of rotatable bonds is 4. The molecule has 0 amide bonds. The van der Waals surface area contributed by atoms with Gasteiger partial charge in [0.2, 0.25) is 0 Å². The molecule has 0 unspecified atom stereocenters. The Morgan fingerprint density at radius 3 is 1.44 bits per heavy atom. The first-order chi connectivity index (χ1) is 28.3. The molecule has 0 saturated carbocycles. The number of furan rings is 1. The molecular weight excluding hydrogens is 689 g/mol. The van der Waals surface area contributed by atoms with Crippen LogP contribution < -0.4 is 0 Å². The Hall–Kier alpha value is -7.48. The predicted molar refractivity (Wildman–Crippen MR) is 243 cm³/mol. The van der Waals surface area contributed by atoms with Crippen LogP contribution in [0.1, 0.15) is 0 Å². The molecule has 0 radical (unpaired) electrons. The van der Waals surface area contributed by atoms with E-state index in [1.165, 1.54) is 92.8 Å². The Kier molecular flexibility index (Phi) is 7.00. The van der Waals surface area contributed by atoms with Crippen molar-refractivity contribution in [1.82, 2.24) is 0 Å². The van der Waals surface area contributed by atoms with Crippen molar-refractivity contribution in [3.8, 4) is 44.5 Å². The molecule has 1 nitrogen and oxygen atoms in total. The summed E-state index contributed by atoms with van der Waals surface area (Å²) in [5.41, 5.74) is 11.4. The monoisotopic (exact) mass is 722 g/mol. The van der Waals surface area contributed by atoms with Crippen LogP contribution in [0, 0.1) is 0 Å². The van der Waals surface area contributed by atoms with Gasteiger partial charge in [0.05, 0.1) is 0 Å². The van der Waals surface area contributed by atoms with Gasteiger partial charge >= 0.3 is 0 Å². The van der Waals surface area contributed by atoms with E-state index < -0.39 is 0 Å². The Labute approximate surface area is 329 Å². The average Bonchev–Trinajstić information content (AvgIpc) is 3.68. The molecule has 0 saturated heterocycles. The minimum absolute atomic E-state index is 0.892. The van der Waals surface area contributed by atoms with Crippen molar-refractivity contribution in [1.29, 1.82) is 0 Å². The molecule has 1 heteroatoms. The molecule has 0 fully saturated rings. The second kappa shape index (κ2) is 12.5. The van der Waals surface area contributed by atoms with Gasteiger partial charge in [-0.1, -0.05) is 188 Å². The lowest BCUT2D eigenvalue weighted by Crippen LogP contribution is -1.94. The molecular formula is C56H34O. The summed E-state index contributed by atoms with van der Waals surface area (Å²) >= 11 is 0. The Bertz CT molecular complexity index is 3520. The first kappa shape index (κ1) is 31.8. The van der Waals surface area contributed by atoms with Crippen LogP contribution >= 0.6 is 0 Å². The van der Waals surface area contributed by atoms with Gasteiger partial charge in [0.15, 0.2) is 0 Å². The van der Waals surface area contributed by atoms with Crippen molar-refractivity contribution in [2.24, 2.45) is 0 Å². The van der Waals surface area contributed by atoms with Gasteiger partial charge in [-0.3, -0.25) is 0 Å². The van der Waals surface area contributed by atoms with E-state index in [4.69, 9.17) is 4.42 Å². The molecule has 57 heavy (non-hydrogen) atoms. The van der Waals surface area contributed by atoms with Crippen molar-refractivity contribution >= 4 is 75.8 Å². The number of para-hydroxylation sites is 1. The molecule has 11 aromatic carbocycles. The molecule has 1 aromatic heterocycles. The van der Waals surface area contributed by atoms with Crippen LogP contribution in [0.4, 0.5) is 0 Å². The highest BCUT2D eigenvalue weighted by Crippen LogP contribution is 2.50. The van der Waals surface area contributed by atoms with E-state index in [1.807, 2.05) is 0 Å². The highest BCUT2D eigenvalue weighted by Gasteiger charge is 2.24. The van der Waals surface area contributed by atoms with E-state index in [2.05, 4.69) is 206 Å². The van der Waals surface area contributed by atoms with E-state index in [9.17, 15) is 0 Å². The van der Waals surface area contributed by atoms with Gasteiger partial charge < -0.3 is 4.42 Å². The molecule has 1 heterocycles. The molecule has 264 valence electrons. The van der Waals surface area contributed by atoms with Gasteiger partial charge in [-0.25, -0.2) is 0 Å². The standard InChI is InChI=1S/C56H34O/c1-3-19-37-35(16-1)18-15-30-40(37)48-32-33-50(55-49-29-13-14-31-52(49)57-56(48)55)54-46-27-11-9-25-44(46)53(45-26-10-12-28-47(45)54)43-24-8-7-23-42(43)51-34-36-17-2-4-20-38(36)39-21-5-6-22-41(39)51/h1-34H. The average molecular weight is 723 g/mol. The van der Waals surface area contributed by atoms with Gasteiger partial charge in [-0.05, 0) is 111 Å². The molecule has 0 aliphatic carbocycles. The molecule has 0 bridgehead atoms. The van der Waals surface area contributed by atoms with Gasteiger partial charge in [0.1, 0.15) is 11.2 Å². The third kappa shape index (κ3) is 4.76. The SMILES string of the molecule is c1ccc(-c2cc3ccccc3c3ccccc23)c(-c2c3ccccc3c(-c3ccc(-c4cccc5ccccc45)c4oc5ccccc5c34)c3ccccc23)c1. The molecule has 0 spiro atoms. The van der Waals surface area contributed by atoms with Crippen molar-refractivity contribution < 1.29 is 4.42 Å². The fourth-order valence-corrected chi connectivity index (χ4v) is 9.63. The van der Waals surface area contributed by atoms with Crippen LogP contribution in [0.25, 0.3) is 120 Å². The maximum atomic E-state index is 6.90. The molecule has 0 atom stereocenters. The zero-order chi connectivity index (χ0) is 37.5. The van der Waals surface area contributed by atoms with E-state index in [0.29, 0.717) is 0 Å². The molecule has 0 aliphatic heterocycles. The number of fused-ring (bicyclic) bond motifs is 9. The molecule has 0 N–H and O–H groups in total. The smallest absolute Gasteiger partial charge is 0.143 e. The minimum Gasteiger partial charge on any atom is -0.455 e. The van der Waals surface area contributed by atoms with E-state index in [1.54, 1.807) is 0 Å². The lowest BCUT2D eigenvalue weighted by molar-refractivity contribution is 0.670. The summed E-state index contributed by atoms with van der Waals surface area (Å²) < 4.78 is 6.90. The highest BCUT2D eigenvalue weighted by atomic mass is 16.3. The largest absolute Gasteiger partial charge is 0.455 e. The van der Waals surface area contributed by atoms with Crippen molar-refractivity contribution in [3.63, 3.8) is 0 Å². The third-order valence-electron chi connectivity index (χ3n) is 12.1. The summed E-state index contributed by atoms with van der Waals surface area (Å²) in [5, 5.41) is 14.6. The van der Waals surface area contributed by atoms with Crippen molar-refractivity contribution in [3.05, 3.63) is 206 Å². The quantitative estimate of drug-likeness (QED) is 0.130. The summed E-state index contributed by atoms with van der Waals surface area (Å²) in [7, 11) is 0. The van der Waals surface area contributed by atoms with E-state index >= 15 is 0 Å². The van der Waals surface area contributed by atoms with Crippen LogP contribution in [0.2, 0.25) is 0 Å². The summed E-state index contributed by atoms with van der Waals surface area (Å²) in [4.78, 5) is 0. The minimum atomic E-state index is 0.892. The van der Waals surface area contributed by atoms with Crippen LogP contribution in [-0.4, -0.2) is 0 Å². The topological polar surface area (TPSA) is 13.1 Å². The number of hydrogen-bond acceptors (Lipinski definition) is 1. The van der Waals surface area contributed by atoms with Crippen LogP contribution in [0.15, 0.2) is 211 Å². The van der Waals surface area contributed by atoms with Crippen LogP contribution in [0.3, 0.4) is 0 Å². The van der Waals surface area contributed by atoms with E-state index in [0.717, 1.165) is 27.5 Å². The van der Waals surface area contributed by atoms with Crippen LogP contribution in [-0.2, 0) is 0 Å². The second-order valence-electron chi connectivity index (χ2n) is 15.1. The van der Waals surface area contributed by atoms with Gasteiger partial charge in [-0.15, -0.1) is 0 Å².